The van der Waals surface area contributed by atoms with Gasteiger partial charge in [-0.2, -0.15) is 0 Å². The number of imidazole rings is 1. The molecule has 5 nitrogen and oxygen atoms in total. The number of pyridine rings is 2. The van der Waals surface area contributed by atoms with Gasteiger partial charge in [0.1, 0.15) is 0 Å². The maximum Gasteiger partial charge on any atom is 0.216 e. The van der Waals surface area contributed by atoms with Crippen molar-refractivity contribution in [3.8, 4) is 28.3 Å². The molecule has 0 spiro atoms. The maximum atomic E-state index is 6.29. The van der Waals surface area contributed by atoms with Crippen LogP contribution in [0.25, 0.3) is 61.4 Å². The molecule has 8 aromatic rings. The summed E-state index contributed by atoms with van der Waals surface area (Å²) in [6.07, 6.45) is 1.79. The molecular formula is C40H32IrN4O-2. The average molecular weight is 777 g/mol. The smallest absolute Gasteiger partial charge is 0.216 e. The summed E-state index contributed by atoms with van der Waals surface area (Å²) < 4.78 is 8.48. The van der Waals surface area contributed by atoms with Gasteiger partial charge in [0, 0.05) is 43.1 Å². The molecule has 0 N–H and O–H groups in total. The standard InChI is InChI=1S/C29H24N3O.C11H8N.Ir/c1-18-13-15-22-21-11-8-12-23(26(21)33-28(22)30-18)27-31-24-17-19(29(2,3)4)14-16-25(24)32(27)20-9-6-5-7-10-20;1-2-6-10(7-3-1)11-8-4-5-9-12-11;/h5-11,13-17H,1-4H3;1-6,8-9H;/q2*-1;. The number of hydrogen-bond donors (Lipinski definition) is 0. The molecule has 229 valence electrons. The van der Waals surface area contributed by atoms with E-state index in [0.29, 0.717) is 5.71 Å². The van der Waals surface area contributed by atoms with Gasteiger partial charge in [0.05, 0.1) is 22.4 Å². The summed E-state index contributed by atoms with van der Waals surface area (Å²) in [5, 5.41) is 2.02. The van der Waals surface area contributed by atoms with E-state index in [4.69, 9.17) is 9.40 Å². The van der Waals surface area contributed by atoms with E-state index in [2.05, 4.69) is 83.8 Å². The molecule has 4 aromatic carbocycles. The zero-order valence-corrected chi connectivity index (χ0v) is 28.5. The zero-order valence-electron chi connectivity index (χ0n) is 26.1. The largest absolute Gasteiger partial charge is 0.486 e. The molecule has 6 heteroatoms. The molecule has 0 unspecified atom stereocenters. The number of aryl methyl sites for hydroxylation is 1. The van der Waals surface area contributed by atoms with E-state index in [1.54, 1.807) is 6.20 Å². The molecule has 1 radical (unpaired) electrons. The second-order valence-corrected chi connectivity index (χ2v) is 12.1. The van der Waals surface area contributed by atoms with Crippen molar-refractivity contribution in [3.63, 3.8) is 0 Å². The van der Waals surface area contributed by atoms with Crippen LogP contribution in [0.1, 0.15) is 32.0 Å². The molecule has 0 amide bonds. The fourth-order valence-corrected chi connectivity index (χ4v) is 5.51. The predicted octanol–water partition coefficient (Wildman–Crippen LogP) is 9.94. The molecule has 0 atom stereocenters. The Hall–Kier alpha value is -4.90. The van der Waals surface area contributed by atoms with Crippen molar-refractivity contribution in [1.29, 1.82) is 0 Å². The summed E-state index contributed by atoms with van der Waals surface area (Å²) >= 11 is 0. The Morgan fingerprint density at radius 1 is 0.739 bits per heavy atom. The van der Waals surface area contributed by atoms with Gasteiger partial charge in [0.15, 0.2) is 0 Å². The third kappa shape index (κ3) is 6.02. The van der Waals surface area contributed by atoms with Crippen LogP contribution in [0.5, 0.6) is 0 Å². The molecule has 0 saturated carbocycles. The van der Waals surface area contributed by atoms with Crippen LogP contribution in [-0.2, 0) is 25.5 Å². The fourth-order valence-electron chi connectivity index (χ4n) is 5.51. The van der Waals surface area contributed by atoms with Crippen molar-refractivity contribution in [2.75, 3.05) is 0 Å². The molecule has 0 fully saturated rings. The third-order valence-corrected chi connectivity index (χ3v) is 7.85. The predicted molar refractivity (Wildman–Crippen MR) is 182 cm³/mol. The molecule has 46 heavy (non-hydrogen) atoms. The number of nitrogens with zero attached hydrogens (tertiary/aromatic N) is 4. The van der Waals surface area contributed by atoms with Crippen molar-refractivity contribution in [2.45, 2.75) is 33.1 Å². The number of aromatic nitrogens is 4. The Labute approximate surface area is 282 Å². The summed E-state index contributed by atoms with van der Waals surface area (Å²) in [7, 11) is 0. The fraction of sp³-hybridized carbons (Fsp3) is 0.125. The minimum absolute atomic E-state index is 0. The third-order valence-electron chi connectivity index (χ3n) is 7.85. The second kappa shape index (κ2) is 12.8. The molecule has 0 aliphatic carbocycles. The van der Waals surface area contributed by atoms with Gasteiger partial charge in [-0.1, -0.05) is 68.1 Å². The van der Waals surface area contributed by atoms with Crippen molar-refractivity contribution in [2.24, 2.45) is 0 Å². The van der Waals surface area contributed by atoms with Crippen molar-refractivity contribution >= 4 is 33.1 Å². The van der Waals surface area contributed by atoms with Gasteiger partial charge in [-0.15, -0.1) is 54.1 Å². The molecule has 0 aliphatic heterocycles. The number of para-hydroxylation sites is 1. The molecular weight excluding hydrogens is 745 g/mol. The molecule has 4 aromatic heterocycles. The van der Waals surface area contributed by atoms with E-state index in [9.17, 15) is 0 Å². The van der Waals surface area contributed by atoms with Gasteiger partial charge in [-0.05, 0) is 66.1 Å². The molecule has 8 rings (SSSR count). The van der Waals surface area contributed by atoms with Gasteiger partial charge in [0.2, 0.25) is 5.71 Å². The van der Waals surface area contributed by atoms with Crippen LogP contribution >= 0.6 is 0 Å². The summed E-state index contributed by atoms with van der Waals surface area (Å²) in [6, 6.07) is 45.2. The summed E-state index contributed by atoms with van der Waals surface area (Å²) in [4.78, 5) is 13.9. The van der Waals surface area contributed by atoms with Crippen molar-refractivity contribution in [3.05, 3.63) is 145 Å². The number of hydrogen-bond acceptors (Lipinski definition) is 4. The van der Waals surface area contributed by atoms with Crippen LogP contribution in [0, 0.1) is 19.1 Å². The Kier molecular flexibility index (Phi) is 8.68. The van der Waals surface area contributed by atoms with Gasteiger partial charge in [-0.3, -0.25) is 4.98 Å². The Bertz CT molecular complexity index is 2210. The van der Waals surface area contributed by atoms with Gasteiger partial charge < -0.3 is 14.0 Å². The van der Waals surface area contributed by atoms with Crippen LogP contribution < -0.4 is 0 Å². The average Bonchev–Trinajstić information content (AvgIpc) is 3.63. The van der Waals surface area contributed by atoms with Gasteiger partial charge in [0.25, 0.3) is 0 Å². The summed E-state index contributed by atoms with van der Waals surface area (Å²) in [5.74, 6) is 0.809. The Morgan fingerprint density at radius 2 is 1.54 bits per heavy atom. The molecule has 0 bridgehead atoms. The number of benzene rings is 4. The van der Waals surface area contributed by atoms with Crippen LogP contribution in [0.3, 0.4) is 0 Å². The summed E-state index contributed by atoms with van der Waals surface area (Å²) in [5.41, 5.74) is 9.53. The second-order valence-electron chi connectivity index (χ2n) is 12.1. The number of furan rings is 1. The topological polar surface area (TPSA) is 56.7 Å². The SMILES string of the molecule is Cc1ccc2c(n1)oc1c(-c3nc4cc(C(C)(C)C)ccc4n3-c3ccccc3)[c-]ccc12.[Ir].[c-]1ccccc1-c1ccccn1. The van der Waals surface area contributed by atoms with Crippen LogP contribution in [0.15, 0.2) is 126 Å². The van der Waals surface area contributed by atoms with E-state index in [-0.39, 0.29) is 25.5 Å². The van der Waals surface area contributed by atoms with Crippen LogP contribution in [0.4, 0.5) is 0 Å². The minimum atomic E-state index is 0. The van der Waals surface area contributed by atoms with E-state index >= 15 is 0 Å². The van der Waals surface area contributed by atoms with Crippen molar-refractivity contribution < 1.29 is 24.5 Å². The van der Waals surface area contributed by atoms with E-state index < -0.39 is 0 Å². The first-order chi connectivity index (χ1) is 21.9. The number of rotatable bonds is 3. The Morgan fingerprint density at radius 3 is 2.28 bits per heavy atom. The summed E-state index contributed by atoms with van der Waals surface area (Å²) in [6.45, 7) is 8.64. The monoisotopic (exact) mass is 777 g/mol. The minimum Gasteiger partial charge on any atom is -0.486 e. The van der Waals surface area contributed by atoms with Gasteiger partial charge >= 0.3 is 0 Å². The van der Waals surface area contributed by atoms with Gasteiger partial charge in [-0.25, -0.2) is 4.98 Å². The van der Waals surface area contributed by atoms with Crippen LogP contribution in [0.2, 0.25) is 0 Å². The number of fused-ring (bicyclic) bond motifs is 4. The Balaban J connectivity index is 0.000000241. The maximum absolute atomic E-state index is 6.29. The zero-order chi connectivity index (χ0) is 31.0. The van der Waals surface area contributed by atoms with Crippen molar-refractivity contribution in [1.82, 2.24) is 19.5 Å². The van der Waals surface area contributed by atoms with Crippen LogP contribution in [-0.4, -0.2) is 19.5 Å². The normalized spacial score (nSPS) is 11.3. The van der Waals surface area contributed by atoms with E-state index in [0.717, 1.165) is 61.4 Å². The first-order valence-electron chi connectivity index (χ1n) is 15.0. The molecule has 4 heterocycles. The first-order valence-corrected chi connectivity index (χ1v) is 15.0. The first kappa shape index (κ1) is 31.1. The van der Waals surface area contributed by atoms with E-state index in [1.165, 1.54) is 5.56 Å². The molecule has 0 aliphatic rings. The quantitative estimate of drug-likeness (QED) is 0.168. The van der Waals surface area contributed by atoms with E-state index in [1.807, 2.05) is 85.8 Å². The molecule has 0 saturated heterocycles.